The van der Waals surface area contributed by atoms with E-state index in [1.165, 1.54) is 0 Å². The summed E-state index contributed by atoms with van der Waals surface area (Å²) in [5, 5.41) is 12.0. The predicted octanol–water partition coefficient (Wildman–Crippen LogP) is 2.26. The predicted molar refractivity (Wildman–Crippen MR) is 61.1 cm³/mol. The number of rotatable bonds is 6. The van der Waals surface area contributed by atoms with Gasteiger partial charge in [-0.2, -0.15) is 0 Å². The molecule has 0 aliphatic carbocycles. The normalized spacial score (nSPS) is 10.1. The van der Waals surface area contributed by atoms with E-state index in [4.69, 9.17) is 16.7 Å². The molecule has 1 aromatic carbocycles. The Kier molecular flexibility index (Phi) is 5.42. The number of anilines is 1. The van der Waals surface area contributed by atoms with Crippen molar-refractivity contribution in [2.45, 2.75) is 12.8 Å². The third kappa shape index (κ3) is 3.99. The van der Waals surface area contributed by atoms with Gasteiger partial charge in [0.2, 0.25) is 0 Å². The van der Waals surface area contributed by atoms with Crippen molar-refractivity contribution in [3.05, 3.63) is 29.8 Å². The van der Waals surface area contributed by atoms with Gasteiger partial charge < -0.3 is 10.4 Å². The van der Waals surface area contributed by atoms with E-state index < -0.39 is 0 Å². The quantitative estimate of drug-likeness (QED) is 0.561. The number of aliphatic hydroxyl groups excluding tert-OH is 1. The van der Waals surface area contributed by atoms with Gasteiger partial charge in [-0.3, -0.25) is 0 Å². The Hall–Kier alpha value is -0.730. The lowest BCUT2D eigenvalue weighted by Gasteiger charge is -2.05. The van der Waals surface area contributed by atoms with Crippen LogP contribution in [-0.2, 0) is 6.42 Å². The van der Waals surface area contributed by atoms with Gasteiger partial charge in [0.05, 0.1) is 0 Å². The summed E-state index contributed by atoms with van der Waals surface area (Å²) in [5.41, 5.74) is 2.27. The summed E-state index contributed by atoms with van der Waals surface area (Å²) in [6.45, 7) is 1.11. The smallest absolute Gasteiger partial charge is 0.0471 e. The molecule has 1 rings (SSSR count). The molecule has 1 aromatic rings. The first-order valence-corrected chi connectivity index (χ1v) is 5.40. The van der Waals surface area contributed by atoms with Crippen LogP contribution in [0.3, 0.4) is 0 Å². The number of hydrogen-bond acceptors (Lipinski definition) is 2. The maximum Gasteiger partial charge on any atom is 0.0471 e. The fourth-order valence-electron chi connectivity index (χ4n) is 1.22. The van der Waals surface area contributed by atoms with Gasteiger partial charge in [0.1, 0.15) is 0 Å². The van der Waals surface area contributed by atoms with E-state index in [1.54, 1.807) is 0 Å². The van der Waals surface area contributed by atoms with Gasteiger partial charge in [-0.1, -0.05) is 12.1 Å². The van der Waals surface area contributed by atoms with Crippen molar-refractivity contribution in [3.63, 3.8) is 0 Å². The summed E-state index contributed by atoms with van der Waals surface area (Å²) in [6, 6.07) is 8.11. The lowest BCUT2D eigenvalue weighted by molar-refractivity contribution is 0.299. The van der Waals surface area contributed by atoms with Gasteiger partial charge in [0, 0.05) is 24.7 Å². The van der Waals surface area contributed by atoms with Crippen molar-refractivity contribution in [3.8, 4) is 0 Å². The highest BCUT2D eigenvalue weighted by Gasteiger charge is 1.93. The van der Waals surface area contributed by atoms with Crippen LogP contribution in [0.1, 0.15) is 12.0 Å². The molecule has 0 saturated carbocycles. The second kappa shape index (κ2) is 6.68. The molecule has 2 N–H and O–H groups in total. The van der Waals surface area contributed by atoms with E-state index in [2.05, 4.69) is 5.32 Å². The van der Waals surface area contributed by atoms with Crippen molar-refractivity contribution >= 4 is 17.3 Å². The Labute approximate surface area is 89.9 Å². The van der Waals surface area contributed by atoms with E-state index in [9.17, 15) is 0 Å². The van der Waals surface area contributed by atoms with Crippen LogP contribution in [0.4, 0.5) is 5.69 Å². The third-order valence-electron chi connectivity index (χ3n) is 1.99. The van der Waals surface area contributed by atoms with E-state index >= 15 is 0 Å². The van der Waals surface area contributed by atoms with Gasteiger partial charge in [-0.25, -0.2) is 0 Å². The molecule has 0 aliphatic rings. The van der Waals surface area contributed by atoms with Crippen LogP contribution in [0.25, 0.3) is 0 Å². The zero-order valence-corrected chi connectivity index (χ0v) is 8.93. The van der Waals surface area contributed by atoms with Crippen LogP contribution in [0.2, 0.25) is 0 Å². The van der Waals surface area contributed by atoms with Gasteiger partial charge in [-0.05, 0) is 30.5 Å². The lowest BCUT2D eigenvalue weighted by atomic mass is 10.1. The zero-order valence-electron chi connectivity index (χ0n) is 8.17. The second-order valence-electron chi connectivity index (χ2n) is 3.14. The Balaban J connectivity index is 2.38. The van der Waals surface area contributed by atoms with Crippen LogP contribution in [0, 0.1) is 0 Å². The Morgan fingerprint density at radius 3 is 2.50 bits per heavy atom. The summed E-state index contributed by atoms with van der Waals surface area (Å²) in [5.74, 6) is 0.690. The van der Waals surface area contributed by atoms with Crippen LogP contribution in [-0.4, -0.2) is 24.1 Å². The van der Waals surface area contributed by atoms with Crippen molar-refractivity contribution in [2.24, 2.45) is 0 Å². The molecule has 0 radical (unpaired) electrons. The second-order valence-corrected chi connectivity index (χ2v) is 3.52. The fraction of sp³-hybridized carbons (Fsp3) is 0.455. The summed E-state index contributed by atoms with van der Waals surface area (Å²) in [6.07, 6.45) is 1.70. The van der Waals surface area contributed by atoms with Crippen molar-refractivity contribution in [1.29, 1.82) is 0 Å². The van der Waals surface area contributed by atoms with Gasteiger partial charge >= 0.3 is 0 Å². The molecule has 2 nitrogen and oxygen atoms in total. The van der Waals surface area contributed by atoms with E-state index in [0.717, 1.165) is 30.6 Å². The zero-order chi connectivity index (χ0) is 10.2. The number of aliphatic hydroxyl groups is 1. The fourth-order valence-corrected chi connectivity index (χ4v) is 1.35. The first-order chi connectivity index (χ1) is 6.86. The molecule has 0 amide bonds. The molecule has 0 aromatic heterocycles. The van der Waals surface area contributed by atoms with Crippen molar-refractivity contribution < 1.29 is 5.11 Å². The standard InChI is InChI=1S/C11H16ClNO/c12-7-1-8-13-11-4-2-10(3-5-11)6-9-14/h2-5,13-14H,1,6-9H2. The number of halogens is 1. The first kappa shape index (κ1) is 11.3. The van der Waals surface area contributed by atoms with Gasteiger partial charge in [-0.15, -0.1) is 11.6 Å². The summed E-state index contributed by atoms with van der Waals surface area (Å²) in [4.78, 5) is 0. The molecule has 0 unspecified atom stereocenters. The Bertz CT molecular complexity index is 248. The first-order valence-electron chi connectivity index (χ1n) is 4.86. The number of nitrogens with one attached hydrogen (secondary N) is 1. The molecular formula is C11H16ClNO. The van der Waals surface area contributed by atoms with Crippen LogP contribution in [0.15, 0.2) is 24.3 Å². The molecule has 0 aliphatic heterocycles. The molecule has 14 heavy (non-hydrogen) atoms. The lowest BCUT2D eigenvalue weighted by Crippen LogP contribution is -2.01. The summed E-state index contributed by atoms with van der Waals surface area (Å²) in [7, 11) is 0. The minimum Gasteiger partial charge on any atom is -0.396 e. The molecule has 0 spiro atoms. The van der Waals surface area contributed by atoms with E-state index in [-0.39, 0.29) is 6.61 Å². The molecular weight excluding hydrogens is 198 g/mol. The van der Waals surface area contributed by atoms with E-state index in [0.29, 0.717) is 5.88 Å². The van der Waals surface area contributed by atoms with Crippen LogP contribution < -0.4 is 5.32 Å². The number of benzene rings is 1. The third-order valence-corrected chi connectivity index (χ3v) is 2.26. The average molecular weight is 214 g/mol. The Morgan fingerprint density at radius 1 is 1.21 bits per heavy atom. The molecule has 3 heteroatoms. The average Bonchev–Trinajstić information content (AvgIpc) is 2.21. The molecule has 78 valence electrons. The van der Waals surface area contributed by atoms with Crippen molar-refractivity contribution in [2.75, 3.05) is 24.3 Å². The molecule has 0 fully saturated rings. The van der Waals surface area contributed by atoms with Crippen molar-refractivity contribution in [1.82, 2.24) is 0 Å². The monoisotopic (exact) mass is 213 g/mol. The van der Waals surface area contributed by atoms with Gasteiger partial charge in [0.15, 0.2) is 0 Å². The number of alkyl halides is 1. The largest absolute Gasteiger partial charge is 0.396 e. The SMILES string of the molecule is OCCc1ccc(NCCCCl)cc1. The highest BCUT2D eigenvalue weighted by atomic mass is 35.5. The molecule has 0 saturated heterocycles. The molecule has 0 atom stereocenters. The number of hydrogen-bond donors (Lipinski definition) is 2. The van der Waals surface area contributed by atoms with E-state index in [1.807, 2.05) is 24.3 Å². The summed E-state index contributed by atoms with van der Waals surface area (Å²) >= 11 is 5.57. The topological polar surface area (TPSA) is 32.3 Å². The van der Waals surface area contributed by atoms with Crippen LogP contribution in [0.5, 0.6) is 0 Å². The maximum atomic E-state index is 8.73. The Morgan fingerprint density at radius 2 is 1.93 bits per heavy atom. The molecule has 0 heterocycles. The highest BCUT2D eigenvalue weighted by molar-refractivity contribution is 6.17. The minimum atomic E-state index is 0.207. The highest BCUT2D eigenvalue weighted by Crippen LogP contribution is 2.09. The minimum absolute atomic E-state index is 0.207. The summed E-state index contributed by atoms with van der Waals surface area (Å²) < 4.78 is 0. The maximum absolute atomic E-state index is 8.73. The van der Waals surface area contributed by atoms with Crippen LogP contribution >= 0.6 is 11.6 Å². The van der Waals surface area contributed by atoms with Gasteiger partial charge in [0.25, 0.3) is 0 Å². The molecule has 0 bridgehead atoms.